The zero-order chi connectivity index (χ0) is 20.6. The SMILES string of the molecule is Cc1nc2c(-c3cccc(S(C)(=O)=O)c3)cnn2c(NCc2ccccn2)c1C. The van der Waals surface area contributed by atoms with Crippen LogP contribution in [-0.4, -0.2) is 34.3 Å². The zero-order valence-corrected chi connectivity index (χ0v) is 17.2. The molecule has 0 unspecified atom stereocenters. The lowest BCUT2D eigenvalue weighted by Gasteiger charge is -2.13. The van der Waals surface area contributed by atoms with Gasteiger partial charge in [0.1, 0.15) is 5.82 Å². The van der Waals surface area contributed by atoms with Crippen LogP contribution in [-0.2, 0) is 16.4 Å². The van der Waals surface area contributed by atoms with E-state index in [1.807, 2.05) is 38.1 Å². The predicted octanol–water partition coefficient (Wildman–Crippen LogP) is 3.42. The Kier molecular flexibility index (Phi) is 4.79. The highest BCUT2D eigenvalue weighted by Gasteiger charge is 2.16. The van der Waals surface area contributed by atoms with E-state index in [9.17, 15) is 8.42 Å². The van der Waals surface area contributed by atoms with Crippen molar-refractivity contribution in [3.63, 3.8) is 0 Å². The fourth-order valence-corrected chi connectivity index (χ4v) is 3.84. The second-order valence-corrected chi connectivity index (χ2v) is 8.95. The summed E-state index contributed by atoms with van der Waals surface area (Å²) in [7, 11) is -3.30. The van der Waals surface area contributed by atoms with Crippen molar-refractivity contribution in [2.24, 2.45) is 0 Å². The van der Waals surface area contributed by atoms with Crippen molar-refractivity contribution in [1.82, 2.24) is 19.6 Å². The predicted molar refractivity (Wildman–Crippen MR) is 113 cm³/mol. The average Bonchev–Trinajstić information content (AvgIpc) is 3.12. The van der Waals surface area contributed by atoms with Gasteiger partial charge in [0.15, 0.2) is 15.5 Å². The number of hydrogen-bond donors (Lipinski definition) is 1. The summed E-state index contributed by atoms with van der Waals surface area (Å²) in [6.07, 6.45) is 4.68. The van der Waals surface area contributed by atoms with Crippen LogP contribution in [0.15, 0.2) is 59.8 Å². The number of nitrogens with zero attached hydrogens (tertiary/aromatic N) is 4. The van der Waals surface area contributed by atoms with E-state index in [0.29, 0.717) is 12.2 Å². The maximum absolute atomic E-state index is 11.9. The number of rotatable bonds is 5. The van der Waals surface area contributed by atoms with E-state index >= 15 is 0 Å². The van der Waals surface area contributed by atoms with Crippen LogP contribution in [0.4, 0.5) is 5.82 Å². The molecule has 0 fully saturated rings. The van der Waals surface area contributed by atoms with Gasteiger partial charge in [0.2, 0.25) is 0 Å². The minimum absolute atomic E-state index is 0.270. The molecule has 0 aliphatic heterocycles. The van der Waals surface area contributed by atoms with Gasteiger partial charge in [0.25, 0.3) is 0 Å². The van der Waals surface area contributed by atoms with E-state index in [0.717, 1.165) is 33.9 Å². The molecule has 0 radical (unpaired) electrons. The van der Waals surface area contributed by atoms with Crippen molar-refractivity contribution in [3.8, 4) is 11.1 Å². The van der Waals surface area contributed by atoms with Crippen LogP contribution in [0, 0.1) is 13.8 Å². The van der Waals surface area contributed by atoms with Crippen LogP contribution in [0.1, 0.15) is 17.0 Å². The van der Waals surface area contributed by atoms with E-state index < -0.39 is 9.84 Å². The van der Waals surface area contributed by atoms with Crippen molar-refractivity contribution in [3.05, 3.63) is 71.8 Å². The number of aromatic nitrogens is 4. The molecule has 8 heteroatoms. The summed E-state index contributed by atoms with van der Waals surface area (Å²) in [5.41, 5.74) is 4.99. The highest BCUT2D eigenvalue weighted by Crippen LogP contribution is 2.29. The molecule has 4 rings (SSSR count). The Hall–Kier alpha value is -3.26. The fourth-order valence-electron chi connectivity index (χ4n) is 3.17. The Morgan fingerprint density at radius 2 is 1.93 bits per heavy atom. The molecular weight excluding hydrogens is 386 g/mol. The van der Waals surface area contributed by atoms with Gasteiger partial charge in [-0.1, -0.05) is 18.2 Å². The molecular formula is C21H21N5O2S. The Labute approximate surface area is 169 Å². The third kappa shape index (κ3) is 3.71. The first-order chi connectivity index (χ1) is 13.8. The van der Waals surface area contributed by atoms with Crippen LogP contribution < -0.4 is 5.32 Å². The number of nitrogens with one attached hydrogen (secondary N) is 1. The highest BCUT2D eigenvalue weighted by molar-refractivity contribution is 7.90. The van der Waals surface area contributed by atoms with Crippen molar-refractivity contribution >= 4 is 21.3 Å². The molecule has 0 saturated carbocycles. The molecule has 0 aliphatic rings. The molecule has 0 saturated heterocycles. The minimum Gasteiger partial charge on any atom is -0.364 e. The van der Waals surface area contributed by atoms with Crippen LogP contribution in [0.5, 0.6) is 0 Å². The number of aryl methyl sites for hydroxylation is 1. The molecule has 0 spiro atoms. The summed E-state index contributed by atoms with van der Waals surface area (Å²) in [4.78, 5) is 9.33. The standard InChI is InChI=1S/C21H21N5O2S/c1-14-15(2)25-21-19(16-7-6-9-18(11-16)29(3,27)28)13-24-26(21)20(14)23-12-17-8-4-5-10-22-17/h4-11,13,23H,12H2,1-3H3. The Morgan fingerprint density at radius 1 is 1.10 bits per heavy atom. The largest absolute Gasteiger partial charge is 0.364 e. The van der Waals surface area contributed by atoms with Crippen LogP contribution in [0.3, 0.4) is 0 Å². The molecule has 1 aromatic carbocycles. The van der Waals surface area contributed by atoms with E-state index in [1.165, 1.54) is 6.26 Å². The molecule has 0 atom stereocenters. The Balaban J connectivity index is 1.80. The van der Waals surface area contributed by atoms with E-state index in [4.69, 9.17) is 4.98 Å². The zero-order valence-electron chi connectivity index (χ0n) is 16.4. The number of anilines is 1. The molecule has 4 aromatic rings. The van der Waals surface area contributed by atoms with Crippen LogP contribution in [0.25, 0.3) is 16.8 Å². The first-order valence-electron chi connectivity index (χ1n) is 9.14. The van der Waals surface area contributed by atoms with E-state index in [2.05, 4.69) is 15.4 Å². The lowest BCUT2D eigenvalue weighted by atomic mass is 10.1. The lowest BCUT2D eigenvalue weighted by Crippen LogP contribution is -2.10. The van der Waals surface area contributed by atoms with Crippen molar-refractivity contribution in [2.45, 2.75) is 25.3 Å². The first-order valence-corrected chi connectivity index (χ1v) is 11.0. The van der Waals surface area contributed by atoms with Gasteiger partial charge in [-0.05, 0) is 43.7 Å². The van der Waals surface area contributed by atoms with Gasteiger partial charge in [0.05, 0.1) is 23.3 Å². The van der Waals surface area contributed by atoms with Crippen molar-refractivity contribution < 1.29 is 8.42 Å². The first kappa shape index (κ1) is 19.1. The maximum atomic E-state index is 11.9. The summed E-state index contributed by atoms with van der Waals surface area (Å²) in [5.74, 6) is 0.837. The minimum atomic E-state index is -3.30. The van der Waals surface area contributed by atoms with Gasteiger partial charge in [-0.2, -0.15) is 9.61 Å². The van der Waals surface area contributed by atoms with Crippen LogP contribution >= 0.6 is 0 Å². The quantitative estimate of drug-likeness (QED) is 0.545. The summed E-state index contributed by atoms with van der Waals surface area (Å²) in [5, 5.41) is 7.94. The lowest BCUT2D eigenvalue weighted by molar-refractivity contribution is 0.602. The molecule has 0 amide bonds. The number of pyridine rings is 1. The van der Waals surface area contributed by atoms with Gasteiger partial charge >= 0.3 is 0 Å². The Bertz CT molecular complexity index is 1300. The average molecular weight is 407 g/mol. The summed E-state index contributed by atoms with van der Waals surface area (Å²) >= 11 is 0. The number of hydrogen-bond acceptors (Lipinski definition) is 6. The van der Waals surface area contributed by atoms with Gasteiger partial charge in [-0.25, -0.2) is 13.4 Å². The number of sulfone groups is 1. The second-order valence-electron chi connectivity index (χ2n) is 6.94. The summed E-state index contributed by atoms with van der Waals surface area (Å²) in [6.45, 7) is 4.50. The summed E-state index contributed by atoms with van der Waals surface area (Å²) in [6, 6.07) is 12.6. The molecule has 148 valence electrons. The topological polar surface area (TPSA) is 89.2 Å². The van der Waals surface area contributed by atoms with E-state index in [-0.39, 0.29) is 4.90 Å². The van der Waals surface area contributed by atoms with Gasteiger partial charge in [0, 0.05) is 29.3 Å². The molecule has 0 bridgehead atoms. The third-order valence-electron chi connectivity index (χ3n) is 4.86. The number of benzene rings is 1. The summed E-state index contributed by atoms with van der Waals surface area (Å²) < 4.78 is 25.6. The van der Waals surface area contributed by atoms with E-state index in [1.54, 1.807) is 35.1 Å². The fraction of sp³-hybridized carbons (Fsp3) is 0.190. The maximum Gasteiger partial charge on any atom is 0.175 e. The molecule has 0 aliphatic carbocycles. The molecule has 7 nitrogen and oxygen atoms in total. The molecule has 3 heterocycles. The van der Waals surface area contributed by atoms with Crippen molar-refractivity contribution in [1.29, 1.82) is 0 Å². The number of fused-ring (bicyclic) bond motifs is 1. The highest BCUT2D eigenvalue weighted by atomic mass is 32.2. The molecule has 1 N–H and O–H groups in total. The smallest absolute Gasteiger partial charge is 0.175 e. The van der Waals surface area contributed by atoms with Gasteiger partial charge in [-0.3, -0.25) is 4.98 Å². The monoisotopic (exact) mass is 407 g/mol. The van der Waals surface area contributed by atoms with Crippen molar-refractivity contribution in [2.75, 3.05) is 11.6 Å². The normalized spacial score (nSPS) is 11.7. The second kappa shape index (κ2) is 7.29. The molecule has 29 heavy (non-hydrogen) atoms. The Morgan fingerprint density at radius 3 is 2.66 bits per heavy atom. The van der Waals surface area contributed by atoms with Crippen LogP contribution in [0.2, 0.25) is 0 Å². The third-order valence-corrected chi connectivity index (χ3v) is 5.97. The molecule has 3 aromatic heterocycles. The van der Waals surface area contributed by atoms with Gasteiger partial charge < -0.3 is 5.32 Å². The van der Waals surface area contributed by atoms with Gasteiger partial charge in [-0.15, -0.1) is 0 Å².